The molecule has 4 heteroatoms. The van der Waals surface area contributed by atoms with Gasteiger partial charge in [-0.2, -0.15) is 0 Å². The first-order chi connectivity index (χ1) is 23.0. The summed E-state index contributed by atoms with van der Waals surface area (Å²) < 4.78 is 11.8. The summed E-state index contributed by atoms with van der Waals surface area (Å²) in [5.74, 6) is -0.221. The smallest absolute Gasteiger partial charge is 0.339 e. The minimum Gasteiger partial charge on any atom is -0.445 e. The molecule has 4 nitrogen and oxygen atoms in total. The third kappa shape index (κ3) is 6.41. The van der Waals surface area contributed by atoms with Gasteiger partial charge in [0.25, 0.3) is 0 Å². The average molecular weight is 631 g/mol. The van der Waals surface area contributed by atoms with Crippen LogP contribution in [0.1, 0.15) is 129 Å². The van der Waals surface area contributed by atoms with Crippen LogP contribution in [0.2, 0.25) is 0 Å². The number of ether oxygens (including phenoxy) is 1. The summed E-state index contributed by atoms with van der Waals surface area (Å²) >= 11 is 0. The van der Waals surface area contributed by atoms with Crippen LogP contribution in [0.25, 0.3) is 21.8 Å². The predicted molar refractivity (Wildman–Crippen MR) is 196 cm³/mol. The Balaban J connectivity index is 1.44. The fourth-order valence-corrected chi connectivity index (χ4v) is 8.28. The second kappa shape index (κ2) is 15.0. The van der Waals surface area contributed by atoms with Crippen LogP contribution in [0.3, 0.4) is 0 Å². The SMILES string of the molecule is CCCCCCCCn1c(C)c(CC2(c3c(C)n(CCCCCCCC)c4ccccc34)OC(=O)c3ccccc32)c2ccccc21. The van der Waals surface area contributed by atoms with Crippen LogP contribution < -0.4 is 0 Å². The average Bonchev–Trinajstić information content (AvgIpc) is 3.65. The van der Waals surface area contributed by atoms with Crippen molar-refractivity contribution in [2.24, 2.45) is 0 Å². The molecule has 2 aromatic heterocycles. The molecule has 1 atom stereocenters. The summed E-state index contributed by atoms with van der Waals surface area (Å²) in [6.07, 6.45) is 15.8. The van der Waals surface area contributed by atoms with Crippen molar-refractivity contribution in [3.05, 3.63) is 106 Å². The van der Waals surface area contributed by atoms with Gasteiger partial charge in [-0.1, -0.05) is 133 Å². The number of nitrogens with zero attached hydrogens (tertiary/aromatic N) is 2. The zero-order chi connectivity index (χ0) is 32.8. The number of hydrogen-bond acceptors (Lipinski definition) is 2. The Morgan fingerprint density at radius 1 is 0.596 bits per heavy atom. The van der Waals surface area contributed by atoms with E-state index in [1.54, 1.807) is 0 Å². The van der Waals surface area contributed by atoms with Crippen molar-refractivity contribution < 1.29 is 9.53 Å². The molecular weight excluding hydrogens is 576 g/mol. The number of fused-ring (bicyclic) bond motifs is 3. The highest BCUT2D eigenvalue weighted by Gasteiger charge is 2.50. The molecule has 0 bridgehead atoms. The molecule has 3 aromatic carbocycles. The normalized spacial score (nSPS) is 16.0. The van der Waals surface area contributed by atoms with Gasteiger partial charge in [-0.05, 0) is 50.5 Å². The number of para-hydroxylation sites is 2. The fourth-order valence-electron chi connectivity index (χ4n) is 8.28. The molecule has 0 saturated heterocycles. The van der Waals surface area contributed by atoms with E-state index in [2.05, 4.69) is 97.5 Å². The first-order valence-corrected chi connectivity index (χ1v) is 18.5. The summed E-state index contributed by atoms with van der Waals surface area (Å²) in [7, 11) is 0. The summed E-state index contributed by atoms with van der Waals surface area (Å²) in [6, 6.07) is 25.7. The van der Waals surface area contributed by atoms with E-state index >= 15 is 0 Å². The Kier molecular flexibility index (Phi) is 10.5. The molecule has 47 heavy (non-hydrogen) atoms. The maximum Gasteiger partial charge on any atom is 0.339 e. The highest BCUT2D eigenvalue weighted by atomic mass is 16.6. The van der Waals surface area contributed by atoms with Crippen molar-refractivity contribution >= 4 is 27.8 Å². The standard InChI is InChI=1S/C43H54N2O2/c1-5-7-9-11-13-21-29-44-32(3)37(34-23-16-19-27-39(34)44)31-43(38-26-18-15-24-35(38)42(46)47-43)41-33(4)45(30-22-14-12-10-8-6-2)40-28-20-17-25-36(40)41/h15-20,23-28H,5-14,21-22,29-31H2,1-4H3. The molecule has 1 aliphatic rings. The van der Waals surface area contributed by atoms with Crippen LogP contribution in [0.4, 0.5) is 0 Å². The largest absolute Gasteiger partial charge is 0.445 e. The second-order valence-corrected chi connectivity index (χ2v) is 13.8. The van der Waals surface area contributed by atoms with E-state index in [4.69, 9.17) is 4.74 Å². The summed E-state index contributed by atoms with van der Waals surface area (Å²) in [6.45, 7) is 11.1. The minimum atomic E-state index is -0.913. The van der Waals surface area contributed by atoms with Crippen LogP contribution in [-0.4, -0.2) is 15.1 Å². The molecule has 0 saturated carbocycles. The molecule has 6 rings (SSSR count). The monoisotopic (exact) mass is 630 g/mol. The van der Waals surface area contributed by atoms with E-state index in [-0.39, 0.29) is 5.97 Å². The number of aryl methyl sites for hydroxylation is 2. The number of benzene rings is 3. The Bertz CT molecular complexity index is 1820. The van der Waals surface area contributed by atoms with Gasteiger partial charge >= 0.3 is 5.97 Å². The van der Waals surface area contributed by atoms with Crippen molar-refractivity contribution in [2.45, 2.75) is 130 Å². The molecule has 0 spiro atoms. The van der Waals surface area contributed by atoms with Gasteiger partial charge in [0.2, 0.25) is 0 Å². The van der Waals surface area contributed by atoms with Crippen molar-refractivity contribution in [1.82, 2.24) is 9.13 Å². The highest BCUT2D eigenvalue weighted by Crippen LogP contribution is 2.50. The van der Waals surface area contributed by atoms with Crippen molar-refractivity contribution in [1.29, 1.82) is 0 Å². The lowest BCUT2D eigenvalue weighted by Gasteiger charge is -2.31. The third-order valence-electron chi connectivity index (χ3n) is 10.7. The van der Waals surface area contributed by atoms with Crippen LogP contribution >= 0.6 is 0 Å². The van der Waals surface area contributed by atoms with Crippen LogP contribution in [-0.2, 0) is 29.8 Å². The number of rotatable bonds is 17. The summed E-state index contributed by atoms with van der Waals surface area (Å²) in [5, 5.41) is 2.46. The van der Waals surface area contributed by atoms with Crippen LogP contribution in [0, 0.1) is 13.8 Å². The zero-order valence-corrected chi connectivity index (χ0v) is 29.2. The van der Waals surface area contributed by atoms with Gasteiger partial charge in [-0.3, -0.25) is 0 Å². The van der Waals surface area contributed by atoms with Crippen molar-refractivity contribution in [2.75, 3.05) is 0 Å². The number of unbranched alkanes of at least 4 members (excludes halogenated alkanes) is 10. The van der Waals surface area contributed by atoms with E-state index in [0.29, 0.717) is 12.0 Å². The Morgan fingerprint density at radius 3 is 1.77 bits per heavy atom. The number of aromatic nitrogens is 2. The molecule has 1 unspecified atom stereocenters. The lowest BCUT2D eigenvalue weighted by molar-refractivity contribution is 0.0112. The third-order valence-corrected chi connectivity index (χ3v) is 10.7. The maximum atomic E-state index is 13.8. The minimum absolute atomic E-state index is 0.221. The molecule has 3 heterocycles. The first-order valence-electron chi connectivity index (χ1n) is 18.5. The van der Waals surface area contributed by atoms with Gasteiger partial charge in [0.15, 0.2) is 5.60 Å². The molecule has 5 aromatic rings. The summed E-state index contributed by atoms with van der Waals surface area (Å²) in [5.41, 5.74) is 8.19. The quantitative estimate of drug-likeness (QED) is 0.0757. The molecule has 0 N–H and O–H groups in total. The van der Waals surface area contributed by atoms with E-state index in [9.17, 15) is 4.79 Å². The van der Waals surface area contributed by atoms with Gasteiger partial charge in [-0.25, -0.2) is 4.79 Å². The van der Waals surface area contributed by atoms with E-state index in [1.807, 2.05) is 12.1 Å². The van der Waals surface area contributed by atoms with Gasteiger partial charge in [0.05, 0.1) is 5.56 Å². The van der Waals surface area contributed by atoms with Gasteiger partial charge in [0.1, 0.15) is 0 Å². The molecular formula is C43H54N2O2. The number of esters is 1. The molecule has 0 fully saturated rings. The van der Waals surface area contributed by atoms with Crippen LogP contribution in [0.15, 0.2) is 72.8 Å². The first kappa shape index (κ1) is 33.1. The zero-order valence-electron chi connectivity index (χ0n) is 29.2. The van der Waals surface area contributed by atoms with E-state index in [0.717, 1.165) is 30.6 Å². The van der Waals surface area contributed by atoms with Gasteiger partial charge < -0.3 is 13.9 Å². The number of cyclic esters (lactones) is 1. The number of carbonyl (C=O) groups excluding carboxylic acids is 1. The lowest BCUT2D eigenvalue weighted by atomic mass is 9.79. The van der Waals surface area contributed by atoms with E-state index < -0.39 is 5.60 Å². The number of carbonyl (C=O) groups is 1. The topological polar surface area (TPSA) is 36.2 Å². The van der Waals surface area contributed by atoms with Crippen molar-refractivity contribution in [3.8, 4) is 0 Å². The number of hydrogen-bond donors (Lipinski definition) is 0. The highest BCUT2D eigenvalue weighted by molar-refractivity contribution is 5.98. The Labute approximate surface area is 282 Å². The molecule has 248 valence electrons. The van der Waals surface area contributed by atoms with Gasteiger partial charge in [-0.15, -0.1) is 0 Å². The molecule has 1 aliphatic heterocycles. The predicted octanol–water partition coefficient (Wildman–Crippen LogP) is 11.6. The maximum absolute atomic E-state index is 13.8. The molecule has 0 amide bonds. The summed E-state index contributed by atoms with van der Waals surface area (Å²) in [4.78, 5) is 13.8. The molecule has 0 aliphatic carbocycles. The van der Waals surface area contributed by atoms with Gasteiger partial charge in [0, 0.05) is 63.8 Å². The fraction of sp³-hybridized carbons (Fsp3) is 0.465. The second-order valence-electron chi connectivity index (χ2n) is 13.8. The Hall–Kier alpha value is -3.79. The Morgan fingerprint density at radius 2 is 1.11 bits per heavy atom. The van der Waals surface area contributed by atoms with Crippen LogP contribution in [0.5, 0.6) is 0 Å². The van der Waals surface area contributed by atoms with Crippen molar-refractivity contribution in [3.63, 3.8) is 0 Å². The lowest BCUT2D eigenvalue weighted by Crippen LogP contribution is -2.32. The molecule has 0 radical (unpaired) electrons. The van der Waals surface area contributed by atoms with E-state index in [1.165, 1.54) is 109 Å².